The fraction of sp³-hybridized carbons (Fsp3) is 0.375. The van der Waals surface area contributed by atoms with E-state index in [0.29, 0.717) is 5.75 Å². The maximum absolute atomic E-state index is 10.3. The first kappa shape index (κ1) is 13.6. The largest absolute Gasteiger partial charge is 0.508 e. The molecule has 0 unspecified atom stereocenters. The molecule has 1 saturated heterocycles. The standard InChI is InChI=1S/C16H20N2OS/c1-12-4-5-14(19)13(11-12)16(15-3-2-10-20-15)18-8-6-17-7-9-18/h2-5,10-11,16-17,19H,6-9H2,1H3/t16-/m1/s1. The summed E-state index contributed by atoms with van der Waals surface area (Å²) in [6, 6.07) is 10.3. The summed E-state index contributed by atoms with van der Waals surface area (Å²) < 4.78 is 0. The van der Waals surface area contributed by atoms with E-state index in [1.807, 2.05) is 12.1 Å². The zero-order valence-electron chi connectivity index (χ0n) is 11.7. The van der Waals surface area contributed by atoms with Crippen molar-refractivity contribution in [2.45, 2.75) is 13.0 Å². The highest BCUT2D eigenvalue weighted by Gasteiger charge is 2.26. The number of piperazine rings is 1. The predicted molar refractivity (Wildman–Crippen MR) is 83.4 cm³/mol. The third kappa shape index (κ3) is 2.73. The molecule has 0 saturated carbocycles. The first-order valence-corrected chi connectivity index (χ1v) is 7.91. The number of benzene rings is 1. The van der Waals surface area contributed by atoms with Crippen LogP contribution in [0.25, 0.3) is 0 Å². The average molecular weight is 288 g/mol. The van der Waals surface area contributed by atoms with Gasteiger partial charge in [-0.1, -0.05) is 23.8 Å². The second-order valence-electron chi connectivity index (χ2n) is 5.27. The van der Waals surface area contributed by atoms with Crippen molar-refractivity contribution in [3.05, 3.63) is 51.7 Å². The number of aryl methyl sites for hydroxylation is 1. The van der Waals surface area contributed by atoms with E-state index in [-0.39, 0.29) is 6.04 Å². The molecule has 0 amide bonds. The zero-order chi connectivity index (χ0) is 13.9. The Bertz CT molecular complexity index is 562. The van der Waals surface area contributed by atoms with Gasteiger partial charge in [-0.2, -0.15) is 0 Å². The van der Waals surface area contributed by atoms with Crippen molar-refractivity contribution in [1.29, 1.82) is 0 Å². The van der Waals surface area contributed by atoms with E-state index in [0.717, 1.165) is 31.7 Å². The lowest BCUT2D eigenvalue weighted by molar-refractivity contribution is 0.198. The normalized spacial score (nSPS) is 18.1. The van der Waals surface area contributed by atoms with Crippen molar-refractivity contribution in [3.63, 3.8) is 0 Å². The molecule has 0 radical (unpaired) electrons. The Labute approximate surface area is 123 Å². The predicted octanol–water partition coefficient (Wildman–Crippen LogP) is 2.76. The molecule has 3 rings (SSSR count). The summed E-state index contributed by atoms with van der Waals surface area (Å²) in [4.78, 5) is 3.75. The molecule has 20 heavy (non-hydrogen) atoms. The lowest BCUT2D eigenvalue weighted by Crippen LogP contribution is -2.45. The summed E-state index contributed by atoms with van der Waals surface area (Å²) >= 11 is 1.76. The van der Waals surface area contributed by atoms with Crippen molar-refractivity contribution in [3.8, 4) is 5.75 Å². The van der Waals surface area contributed by atoms with Crippen LogP contribution in [-0.4, -0.2) is 36.2 Å². The Morgan fingerprint density at radius 2 is 2.05 bits per heavy atom. The van der Waals surface area contributed by atoms with Crippen LogP contribution in [0.4, 0.5) is 0 Å². The van der Waals surface area contributed by atoms with E-state index in [1.165, 1.54) is 10.4 Å². The number of nitrogens with zero attached hydrogens (tertiary/aromatic N) is 1. The molecular weight excluding hydrogens is 268 g/mol. The van der Waals surface area contributed by atoms with Crippen LogP contribution < -0.4 is 5.32 Å². The Balaban J connectivity index is 2.02. The second kappa shape index (κ2) is 5.95. The van der Waals surface area contributed by atoms with Gasteiger partial charge in [-0.05, 0) is 24.4 Å². The number of thiophene rings is 1. The van der Waals surface area contributed by atoms with Crippen LogP contribution in [0, 0.1) is 6.92 Å². The van der Waals surface area contributed by atoms with Crippen LogP contribution in [0.5, 0.6) is 5.75 Å². The fourth-order valence-electron chi connectivity index (χ4n) is 2.81. The maximum atomic E-state index is 10.3. The highest BCUT2D eigenvalue weighted by Crippen LogP contribution is 2.36. The summed E-state index contributed by atoms with van der Waals surface area (Å²) in [5.74, 6) is 0.396. The van der Waals surface area contributed by atoms with Crippen molar-refractivity contribution in [2.75, 3.05) is 26.2 Å². The Hall–Kier alpha value is -1.36. The van der Waals surface area contributed by atoms with Gasteiger partial charge >= 0.3 is 0 Å². The molecule has 2 heterocycles. The molecule has 4 heteroatoms. The van der Waals surface area contributed by atoms with E-state index in [2.05, 4.69) is 40.7 Å². The first-order valence-electron chi connectivity index (χ1n) is 7.03. The van der Waals surface area contributed by atoms with Crippen LogP contribution in [0.15, 0.2) is 35.7 Å². The van der Waals surface area contributed by atoms with Gasteiger partial charge in [0.15, 0.2) is 0 Å². The van der Waals surface area contributed by atoms with Crippen LogP contribution in [0.1, 0.15) is 22.0 Å². The molecule has 0 aliphatic carbocycles. The molecule has 106 valence electrons. The number of rotatable bonds is 3. The van der Waals surface area contributed by atoms with Crippen molar-refractivity contribution < 1.29 is 5.11 Å². The smallest absolute Gasteiger partial charge is 0.120 e. The molecule has 1 atom stereocenters. The Morgan fingerprint density at radius 3 is 2.75 bits per heavy atom. The summed E-state index contributed by atoms with van der Waals surface area (Å²) in [5.41, 5.74) is 2.21. The zero-order valence-corrected chi connectivity index (χ0v) is 12.5. The molecule has 2 aromatic rings. The van der Waals surface area contributed by atoms with E-state index in [1.54, 1.807) is 11.3 Å². The minimum absolute atomic E-state index is 0.164. The van der Waals surface area contributed by atoms with Crippen LogP contribution >= 0.6 is 11.3 Å². The molecule has 0 spiro atoms. The summed E-state index contributed by atoms with van der Waals surface area (Å²) in [6.07, 6.45) is 0. The number of hydrogen-bond acceptors (Lipinski definition) is 4. The minimum atomic E-state index is 0.164. The quantitative estimate of drug-likeness (QED) is 0.911. The van der Waals surface area contributed by atoms with Gasteiger partial charge in [0, 0.05) is 36.6 Å². The third-order valence-electron chi connectivity index (χ3n) is 3.81. The SMILES string of the molecule is Cc1ccc(O)c([C@H](c2cccs2)N2CCNCC2)c1. The number of phenolic OH excluding ortho intramolecular Hbond substituents is 1. The summed E-state index contributed by atoms with van der Waals surface area (Å²) in [5, 5.41) is 15.8. The van der Waals surface area contributed by atoms with E-state index in [9.17, 15) is 5.11 Å². The molecular formula is C16H20N2OS. The summed E-state index contributed by atoms with van der Waals surface area (Å²) in [7, 11) is 0. The van der Waals surface area contributed by atoms with Gasteiger partial charge < -0.3 is 10.4 Å². The number of nitrogens with one attached hydrogen (secondary N) is 1. The Morgan fingerprint density at radius 1 is 1.25 bits per heavy atom. The Kier molecular flexibility index (Phi) is 4.05. The maximum Gasteiger partial charge on any atom is 0.120 e. The van der Waals surface area contributed by atoms with Gasteiger partial charge in [-0.3, -0.25) is 4.90 Å². The van der Waals surface area contributed by atoms with Crippen LogP contribution in [-0.2, 0) is 0 Å². The van der Waals surface area contributed by atoms with Crippen LogP contribution in [0.3, 0.4) is 0 Å². The van der Waals surface area contributed by atoms with Gasteiger partial charge in [-0.25, -0.2) is 0 Å². The van der Waals surface area contributed by atoms with Crippen molar-refractivity contribution in [2.24, 2.45) is 0 Å². The van der Waals surface area contributed by atoms with Gasteiger partial charge in [0.1, 0.15) is 5.75 Å². The molecule has 3 nitrogen and oxygen atoms in total. The fourth-order valence-corrected chi connectivity index (χ4v) is 3.69. The second-order valence-corrected chi connectivity index (χ2v) is 6.25. The van der Waals surface area contributed by atoms with Crippen molar-refractivity contribution in [1.82, 2.24) is 10.2 Å². The van der Waals surface area contributed by atoms with Gasteiger partial charge in [0.25, 0.3) is 0 Å². The van der Waals surface area contributed by atoms with Gasteiger partial charge in [-0.15, -0.1) is 11.3 Å². The third-order valence-corrected chi connectivity index (χ3v) is 4.73. The lowest BCUT2D eigenvalue weighted by atomic mass is 9.99. The molecule has 1 aliphatic rings. The minimum Gasteiger partial charge on any atom is -0.508 e. The number of aromatic hydroxyl groups is 1. The number of phenols is 1. The average Bonchev–Trinajstić information content (AvgIpc) is 2.98. The van der Waals surface area contributed by atoms with Gasteiger partial charge in [0.2, 0.25) is 0 Å². The topological polar surface area (TPSA) is 35.5 Å². The molecule has 1 aliphatic heterocycles. The highest BCUT2D eigenvalue weighted by molar-refractivity contribution is 7.10. The summed E-state index contributed by atoms with van der Waals surface area (Å²) in [6.45, 7) is 6.11. The molecule has 1 fully saturated rings. The molecule has 0 bridgehead atoms. The highest BCUT2D eigenvalue weighted by atomic mass is 32.1. The van der Waals surface area contributed by atoms with Crippen molar-refractivity contribution >= 4 is 11.3 Å². The van der Waals surface area contributed by atoms with E-state index < -0.39 is 0 Å². The monoisotopic (exact) mass is 288 g/mol. The number of hydrogen-bond donors (Lipinski definition) is 2. The first-order chi connectivity index (χ1) is 9.75. The van der Waals surface area contributed by atoms with Crippen LogP contribution in [0.2, 0.25) is 0 Å². The van der Waals surface area contributed by atoms with E-state index in [4.69, 9.17) is 0 Å². The molecule has 1 aromatic heterocycles. The van der Waals surface area contributed by atoms with Gasteiger partial charge in [0.05, 0.1) is 6.04 Å². The lowest BCUT2D eigenvalue weighted by Gasteiger charge is -2.35. The van der Waals surface area contributed by atoms with E-state index >= 15 is 0 Å². The molecule has 1 aromatic carbocycles. The molecule has 2 N–H and O–H groups in total.